The van der Waals surface area contributed by atoms with Crippen LogP contribution in [0.5, 0.6) is 0 Å². The van der Waals surface area contributed by atoms with Crippen molar-refractivity contribution in [2.24, 2.45) is 11.7 Å². The SMILES string of the molecule is CCCCN1CC(N)CC(CC(=O)OCC)C1. The summed E-state index contributed by atoms with van der Waals surface area (Å²) >= 11 is 0. The molecule has 0 bridgehead atoms. The molecule has 4 nitrogen and oxygen atoms in total. The molecule has 0 amide bonds. The number of esters is 1. The molecule has 100 valence electrons. The van der Waals surface area contributed by atoms with Gasteiger partial charge in [0.15, 0.2) is 0 Å². The molecule has 0 saturated carbocycles. The van der Waals surface area contributed by atoms with E-state index in [9.17, 15) is 4.79 Å². The molecule has 0 aromatic heterocycles. The van der Waals surface area contributed by atoms with Crippen molar-refractivity contribution >= 4 is 5.97 Å². The lowest BCUT2D eigenvalue weighted by Gasteiger charge is -2.35. The molecule has 1 aliphatic rings. The largest absolute Gasteiger partial charge is 0.466 e. The van der Waals surface area contributed by atoms with Gasteiger partial charge in [-0.25, -0.2) is 0 Å². The highest BCUT2D eigenvalue weighted by Crippen LogP contribution is 2.20. The molecule has 1 rings (SSSR count). The molecule has 0 spiro atoms. The molecule has 1 fully saturated rings. The van der Waals surface area contributed by atoms with Crippen molar-refractivity contribution in [2.45, 2.75) is 45.6 Å². The van der Waals surface area contributed by atoms with Gasteiger partial charge in [0.05, 0.1) is 6.61 Å². The van der Waals surface area contributed by atoms with E-state index in [0.717, 1.165) is 26.1 Å². The summed E-state index contributed by atoms with van der Waals surface area (Å²) in [4.78, 5) is 13.8. The number of carbonyl (C=O) groups excluding carboxylic acids is 1. The zero-order valence-corrected chi connectivity index (χ0v) is 11.2. The number of ether oxygens (including phenoxy) is 1. The monoisotopic (exact) mass is 242 g/mol. The van der Waals surface area contributed by atoms with Crippen LogP contribution in [0.1, 0.15) is 39.5 Å². The Morgan fingerprint density at radius 3 is 2.82 bits per heavy atom. The molecule has 2 N–H and O–H groups in total. The summed E-state index contributed by atoms with van der Waals surface area (Å²) in [7, 11) is 0. The van der Waals surface area contributed by atoms with Crippen LogP contribution < -0.4 is 5.73 Å². The third-order valence-corrected chi connectivity index (χ3v) is 3.23. The van der Waals surface area contributed by atoms with Gasteiger partial charge < -0.3 is 15.4 Å². The van der Waals surface area contributed by atoms with Gasteiger partial charge in [0.1, 0.15) is 0 Å². The van der Waals surface area contributed by atoms with E-state index >= 15 is 0 Å². The Bertz CT molecular complexity index is 233. The standard InChI is InChI=1S/C13H26N2O2/c1-3-5-6-15-9-11(7-12(14)10-15)8-13(16)17-4-2/h11-12H,3-10,14H2,1-2H3. The van der Waals surface area contributed by atoms with E-state index in [1.807, 2.05) is 6.92 Å². The molecule has 0 radical (unpaired) electrons. The van der Waals surface area contributed by atoms with Crippen LogP contribution in [0.4, 0.5) is 0 Å². The van der Waals surface area contributed by atoms with Crippen LogP contribution in [0.15, 0.2) is 0 Å². The Hall–Kier alpha value is -0.610. The first-order valence-electron chi connectivity index (χ1n) is 6.79. The Kier molecular flexibility index (Phi) is 6.52. The number of likely N-dealkylation sites (tertiary alicyclic amines) is 1. The fourth-order valence-electron chi connectivity index (χ4n) is 2.52. The number of unbranched alkanes of at least 4 members (excludes halogenated alkanes) is 1. The van der Waals surface area contributed by atoms with Crippen LogP contribution in [-0.2, 0) is 9.53 Å². The van der Waals surface area contributed by atoms with E-state index in [-0.39, 0.29) is 12.0 Å². The number of nitrogens with two attached hydrogens (primary N) is 1. The van der Waals surface area contributed by atoms with Gasteiger partial charge in [0.2, 0.25) is 0 Å². The van der Waals surface area contributed by atoms with E-state index in [2.05, 4.69) is 11.8 Å². The van der Waals surface area contributed by atoms with Crippen LogP contribution in [-0.4, -0.2) is 43.2 Å². The minimum absolute atomic E-state index is 0.0814. The first-order valence-corrected chi connectivity index (χ1v) is 6.79. The van der Waals surface area contributed by atoms with Crippen molar-refractivity contribution in [3.8, 4) is 0 Å². The Labute approximate surface area is 104 Å². The Morgan fingerprint density at radius 2 is 2.18 bits per heavy atom. The van der Waals surface area contributed by atoms with Crippen LogP contribution >= 0.6 is 0 Å². The number of carbonyl (C=O) groups is 1. The smallest absolute Gasteiger partial charge is 0.306 e. The third kappa shape index (κ3) is 5.50. The van der Waals surface area contributed by atoms with Crippen molar-refractivity contribution in [3.63, 3.8) is 0 Å². The van der Waals surface area contributed by atoms with Gasteiger partial charge in [-0.2, -0.15) is 0 Å². The summed E-state index contributed by atoms with van der Waals surface area (Å²) in [6.45, 7) is 7.57. The average Bonchev–Trinajstić information content (AvgIpc) is 2.25. The molecule has 2 atom stereocenters. The van der Waals surface area contributed by atoms with E-state index in [1.54, 1.807) is 0 Å². The second kappa shape index (κ2) is 7.67. The Balaban J connectivity index is 2.36. The molecule has 17 heavy (non-hydrogen) atoms. The van der Waals surface area contributed by atoms with Gasteiger partial charge in [-0.05, 0) is 32.2 Å². The Morgan fingerprint density at radius 1 is 1.41 bits per heavy atom. The summed E-state index contributed by atoms with van der Waals surface area (Å²) in [6.07, 6.45) is 3.87. The molecular formula is C13H26N2O2. The topological polar surface area (TPSA) is 55.6 Å². The predicted molar refractivity (Wildman–Crippen MR) is 68.7 cm³/mol. The quantitative estimate of drug-likeness (QED) is 0.715. The van der Waals surface area contributed by atoms with Gasteiger partial charge >= 0.3 is 5.97 Å². The van der Waals surface area contributed by atoms with Crippen molar-refractivity contribution in [3.05, 3.63) is 0 Å². The predicted octanol–water partition coefficient (Wildman–Crippen LogP) is 1.39. The molecule has 4 heteroatoms. The summed E-state index contributed by atoms with van der Waals surface area (Å²) in [5.41, 5.74) is 6.04. The van der Waals surface area contributed by atoms with Crippen LogP contribution in [0.3, 0.4) is 0 Å². The van der Waals surface area contributed by atoms with Crippen molar-refractivity contribution in [1.29, 1.82) is 0 Å². The summed E-state index contributed by atoms with van der Waals surface area (Å²) < 4.78 is 5.00. The molecular weight excluding hydrogens is 216 g/mol. The maximum atomic E-state index is 11.5. The van der Waals surface area contributed by atoms with E-state index < -0.39 is 0 Å². The molecule has 1 saturated heterocycles. The number of piperidine rings is 1. The van der Waals surface area contributed by atoms with Gasteiger partial charge in [0.25, 0.3) is 0 Å². The lowest BCUT2D eigenvalue weighted by atomic mass is 9.92. The zero-order chi connectivity index (χ0) is 12.7. The summed E-state index contributed by atoms with van der Waals surface area (Å²) in [5.74, 6) is 0.289. The molecule has 0 aromatic rings. The minimum atomic E-state index is -0.0814. The summed E-state index contributed by atoms with van der Waals surface area (Å²) in [5, 5.41) is 0. The molecule has 1 heterocycles. The van der Waals surface area contributed by atoms with Gasteiger partial charge in [0, 0.05) is 25.6 Å². The van der Waals surface area contributed by atoms with Crippen molar-refractivity contribution < 1.29 is 9.53 Å². The average molecular weight is 242 g/mol. The number of hydrogen-bond donors (Lipinski definition) is 1. The zero-order valence-electron chi connectivity index (χ0n) is 11.2. The van der Waals surface area contributed by atoms with E-state index in [1.165, 1.54) is 12.8 Å². The normalized spacial score (nSPS) is 25.8. The fraction of sp³-hybridized carbons (Fsp3) is 0.923. The van der Waals surface area contributed by atoms with E-state index in [4.69, 9.17) is 10.5 Å². The number of nitrogens with zero attached hydrogens (tertiary/aromatic N) is 1. The van der Waals surface area contributed by atoms with Crippen LogP contribution in [0.2, 0.25) is 0 Å². The molecule has 0 aliphatic carbocycles. The molecule has 1 aliphatic heterocycles. The van der Waals surface area contributed by atoms with Gasteiger partial charge in [-0.15, -0.1) is 0 Å². The first kappa shape index (κ1) is 14.5. The molecule has 0 aromatic carbocycles. The highest BCUT2D eigenvalue weighted by molar-refractivity contribution is 5.69. The molecule has 2 unspecified atom stereocenters. The lowest BCUT2D eigenvalue weighted by Crippen LogP contribution is -2.47. The van der Waals surface area contributed by atoms with Crippen molar-refractivity contribution in [1.82, 2.24) is 4.90 Å². The number of rotatable bonds is 6. The first-order chi connectivity index (χ1) is 8.15. The highest BCUT2D eigenvalue weighted by Gasteiger charge is 2.26. The van der Waals surface area contributed by atoms with E-state index in [0.29, 0.717) is 18.9 Å². The fourth-order valence-corrected chi connectivity index (χ4v) is 2.52. The summed E-state index contributed by atoms with van der Waals surface area (Å²) in [6, 6.07) is 0.208. The number of hydrogen-bond acceptors (Lipinski definition) is 4. The maximum absolute atomic E-state index is 11.5. The van der Waals surface area contributed by atoms with Crippen molar-refractivity contribution in [2.75, 3.05) is 26.2 Å². The van der Waals surface area contributed by atoms with Gasteiger partial charge in [-0.1, -0.05) is 13.3 Å². The van der Waals surface area contributed by atoms with Crippen LogP contribution in [0, 0.1) is 5.92 Å². The maximum Gasteiger partial charge on any atom is 0.306 e. The highest BCUT2D eigenvalue weighted by atomic mass is 16.5. The van der Waals surface area contributed by atoms with Gasteiger partial charge in [-0.3, -0.25) is 4.79 Å². The third-order valence-electron chi connectivity index (χ3n) is 3.23. The lowest BCUT2D eigenvalue weighted by molar-refractivity contribution is -0.144. The second-order valence-corrected chi connectivity index (χ2v) is 4.98. The second-order valence-electron chi connectivity index (χ2n) is 4.98. The minimum Gasteiger partial charge on any atom is -0.466 e. The van der Waals surface area contributed by atoms with Crippen LogP contribution in [0.25, 0.3) is 0 Å².